The fraction of sp³-hybridized carbons (Fsp3) is 0.105. The van der Waals surface area contributed by atoms with Crippen molar-refractivity contribution in [3.05, 3.63) is 60.7 Å². The first-order chi connectivity index (χ1) is 13.2. The standard InChI is InChI=1S/C19H17N5O2S/c1-20-18(26)21-15(25)12-27-19-22-16(13-8-4-2-5-9-13)17(23-24-19)14-10-6-3-7-11-14/h2-11H,12H2,1H3,(H2,20,21,25,26). The van der Waals surface area contributed by atoms with E-state index in [1.165, 1.54) is 7.05 Å². The molecule has 8 heteroatoms. The molecule has 3 amide bonds. The second-order valence-electron chi connectivity index (χ2n) is 5.44. The number of hydrogen-bond donors (Lipinski definition) is 2. The Morgan fingerprint density at radius 3 is 2.07 bits per heavy atom. The average Bonchev–Trinajstić information content (AvgIpc) is 2.73. The van der Waals surface area contributed by atoms with Crippen molar-refractivity contribution in [2.45, 2.75) is 5.16 Å². The lowest BCUT2D eigenvalue weighted by Gasteiger charge is -2.09. The second kappa shape index (κ2) is 8.91. The number of aromatic nitrogens is 3. The van der Waals surface area contributed by atoms with E-state index in [2.05, 4.69) is 25.8 Å². The van der Waals surface area contributed by atoms with Gasteiger partial charge in [-0.1, -0.05) is 72.4 Å². The van der Waals surface area contributed by atoms with E-state index >= 15 is 0 Å². The van der Waals surface area contributed by atoms with Gasteiger partial charge in [-0.2, -0.15) is 0 Å². The summed E-state index contributed by atoms with van der Waals surface area (Å²) in [6, 6.07) is 18.8. The molecule has 1 heterocycles. The zero-order chi connectivity index (χ0) is 19.1. The summed E-state index contributed by atoms with van der Waals surface area (Å²) in [6.45, 7) is 0. The van der Waals surface area contributed by atoms with E-state index in [9.17, 15) is 9.59 Å². The van der Waals surface area contributed by atoms with Crippen LogP contribution < -0.4 is 10.6 Å². The van der Waals surface area contributed by atoms with Gasteiger partial charge in [0.15, 0.2) is 0 Å². The lowest BCUT2D eigenvalue weighted by atomic mass is 10.0. The molecule has 136 valence electrons. The van der Waals surface area contributed by atoms with Crippen LogP contribution in [0.25, 0.3) is 22.5 Å². The highest BCUT2D eigenvalue weighted by Gasteiger charge is 2.15. The Balaban J connectivity index is 1.88. The number of imide groups is 1. The minimum atomic E-state index is -0.552. The van der Waals surface area contributed by atoms with Crippen molar-refractivity contribution < 1.29 is 9.59 Å². The maximum absolute atomic E-state index is 11.8. The molecule has 3 aromatic rings. The summed E-state index contributed by atoms with van der Waals surface area (Å²) < 4.78 is 0. The summed E-state index contributed by atoms with van der Waals surface area (Å²) in [7, 11) is 1.44. The maximum Gasteiger partial charge on any atom is 0.321 e. The van der Waals surface area contributed by atoms with E-state index in [0.29, 0.717) is 16.5 Å². The Hall–Kier alpha value is -3.26. The topological polar surface area (TPSA) is 96.9 Å². The second-order valence-corrected chi connectivity index (χ2v) is 6.38. The maximum atomic E-state index is 11.8. The molecule has 0 radical (unpaired) electrons. The van der Waals surface area contributed by atoms with E-state index in [4.69, 9.17) is 0 Å². The zero-order valence-electron chi connectivity index (χ0n) is 14.5. The summed E-state index contributed by atoms with van der Waals surface area (Å²) in [6.07, 6.45) is 0. The predicted molar refractivity (Wildman–Crippen MR) is 104 cm³/mol. The minimum absolute atomic E-state index is 0.00795. The number of rotatable bonds is 5. The first kappa shape index (κ1) is 18.5. The van der Waals surface area contributed by atoms with Crippen molar-refractivity contribution in [2.24, 2.45) is 0 Å². The Labute approximate surface area is 160 Å². The van der Waals surface area contributed by atoms with Gasteiger partial charge >= 0.3 is 6.03 Å². The molecule has 0 unspecified atom stereocenters. The van der Waals surface area contributed by atoms with Crippen molar-refractivity contribution >= 4 is 23.7 Å². The Morgan fingerprint density at radius 1 is 0.889 bits per heavy atom. The van der Waals surface area contributed by atoms with Crippen molar-refractivity contribution in [3.63, 3.8) is 0 Å². The number of nitrogens with zero attached hydrogens (tertiary/aromatic N) is 3. The third-order valence-corrected chi connectivity index (χ3v) is 4.41. The van der Waals surface area contributed by atoms with E-state index in [1.807, 2.05) is 60.7 Å². The number of carbonyl (C=O) groups excluding carboxylic acids is 2. The van der Waals surface area contributed by atoms with Gasteiger partial charge in [-0.3, -0.25) is 10.1 Å². The van der Waals surface area contributed by atoms with E-state index in [1.54, 1.807) is 0 Å². The molecule has 0 fully saturated rings. The number of nitrogens with one attached hydrogen (secondary N) is 2. The monoisotopic (exact) mass is 379 g/mol. The molecule has 0 aliphatic heterocycles. The van der Waals surface area contributed by atoms with Gasteiger partial charge in [0.05, 0.1) is 5.75 Å². The summed E-state index contributed by atoms with van der Waals surface area (Å²) >= 11 is 1.12. The molecular weight excluding hydrogens is 362 g/mol. The number of benzene rings is 2. The van der Waals surface area contributed by atoms with Crippen molar-refractivity contribution in [2.75, 3.05) is 12.8 Å². The average molecular weight is 379 g/mol. The molecule has 1 aromatic heterocycles. The number of amides is 3. The molecule has 7 nitrogen and oxygen atoms in total. The first-order valence-electron chi connectivity index (χ1n) is 8.17. The van der Waals surface area contributed by atoms with E-state index in [0.717, 1.165) is 22.9 Å². The lowest BCUT2D eigenvalue weighted by Crippen LogP contribution is -2.38. The van der Waals surface area contributed by atoms with Gasteiger partial charge in [0.2, 0.25) is 11.1 Å². The van der Waals surface area contributed by atoms with Gasteiger partial charge in [-0.25, -0.2) is 9.78 Å². The summed E-state index contributed by atoms with van der Waals surface area (Å²) in [5, 5.41) is 13.4. The van der Waals surface area contributed by atoms with Crippen LogP contribution in [0.1, 0.15) is 0 Å². The molecule has 0 aliphatic rings. The van der Waals surface area contributed by atoms with Crippen molar-refractivity contribution in [1.82, 2.24) is 25.8 Å². The number of thioether (sulfide) groups is 1. The lowest BCUT2D eigenvalue weighted by molar-refractivity contribution is -0.117. The quantitative estimate of drug-likeness (QED) is 0.662. The van der Waals surface area contributed by atoms with E-state index < -0.39 is 11.9 Å². The van der Waals surface area contributed by atoms with Crippen LogP contribution in [0.3, 0.4) is 0 Å². The highest BCUT2D eigenvalue weighted by Crippen LogP contribution is 2.29. The molecule has 27 heavy (non-hydrogen) atoms. The molecule has 0 spiro atoms. The molecule has 0 saturated heterocycles. The van der Waals surface area contributed by atoms with Crippen LogP contribution in [0, 0.1) is 0 Å². The van der Waals surface area contributed by atoms with Gasteiger partial charge in [-0.05, 0) is 0 Å². The molecule has 0 saturated carbocycles. The van der Waals surface area contributed by atoms with Gasteiger partial charge in [0.1, 0.15) is 11.4 Å². The molecule has 2 N–H and O–H groups in total. The van der Waals surface area contributed by atoms with Crippen LogP contribution in [-0.4, -0.2) is 39.9 Å². The molecular formula is C19H17N5O2S. The number of carbonyl (C=O) groups is 2. The SMILES string of the molecule is CNC(=O)NC(=O)CSc1nnc(-c2ccccc2)c(-c2ccccc2)n1. The first-order valence-corrected chi connectivity index (χ1v) is 9.16. The van der Waals surface area contributed by atoms with Gasteiger partial charge in [0.25, 0.3) is 0 Å². The van der Waals surface area contributed by atoms with Crippen molar-refractivity contribution in [1.29, 1.82) is 0 Å². The Kier molecular flexibility index (Phi) is 6.11. The smallest absolute Gasteiger partial charge is 0.321 e. The summed E-state index contributed by atoms with van der Waals surface area (Å²) in [5.74, 6) is -0.426. The normalized spacial score (nSPS) is 10.3. The minimum Gasteiger partial charge on any atom is -0.341 e. The van der Waals surface area contributed by atoms with Crippen LogP contribution in [0.4, 0.5) is 4.79 Å². The fourth-order valence-corrected chi connectivity index (χ4v) is 2.90. The van der Waals surface area contributed by atoms with Crippen LogP contribution in [-0.2, 0) is 4.79 Å². The van der Waals surface area contributed by atoms with Crippen LogP contribution >= 0.6 is 11.8 Å². The molecule has 0 aliphatic carbocycles. The third kappa shape index (κ3) is 4.89. The predicted octanol–water partition coefficient (Wildman–Crippen LogP) is 2.75. The number of urea groups is 1. The van der Waals surface area contributed by atoms with E-state index in [-0.39, 0.29) is 5.75 Å². The largest absolute Gasteiger partial charge is 0.341 e. The van der Waals surface area contributed by atoms with Gasteiger partial charge in [0, 0.05) is 18.2 Å². The zero-order valence-corrected chi connectivity index (χ0v) is 15.4. The molecule has 2 aromatic carbocycles. The molecule has 0 bridgehead atoms. The summed E-state index contributed by atoms with van der Waals surface area (Å²) in [5.41, 5.74) is 3.17. The number of hydrogen-bond acceptors (Lipinski definition) is 6. The highest BCUT2D eigenvalue weighted by atomic mass is 32.2. The van der Waals surface area contributed by atoms with Crippen LogP contribution in [0.5, 0.6) is 0 Å². The van der Waals surface area contributed by atoms with Crippen LogP contribution in [0.15, 0.2) is 65.8 Å². The highest BCUT2D eigenvalue weighted by molar-refractivity contribution is 7.99. The molecule has 0 atom stereocenters. The summed E-state index contributed by atoms with van der Waals surface area (Å²) in [4.78, 5) is 27.5. The van der Waals surface area contributed by atoms with Crippen LogP contribution in [0.2, 0.25) is 0 Å². The van der Waals surface area contributed by atoms with Crippen molar-refractivity contribution in [3.8, 4) is 22.5 Å². The Bertz CT molecular complexity index is 935. The molecule has 3 rings (SSSR count). The Morgan fingerprint density at radius 2 is 1.48 bits per heavy atom. The van der Waals surface area contributed by atoms with Gasteiger partial charge in [-0.15, -0.1) is 10.2 Å². The van der Waals surface area contributed by atoms with Gasteiger partial charge < -0.3 is 5.32 Å². The fourth-order valence-electron chi connectivity index (χ4n) is 2.32. The third-order valence-electron chi connectivity index (χ3n) is 3.57.